The lowest BCUT2D eigenvalue weighted by atomic mass is 9.96. The van der Waals surface area contributed by atoms with Crippen LogP contribution in [0, 0.1) is 0 Å². The SMILES string of the molecule is OCC1O[C@@H](O[C@H]2C(CO)O[C@@H](O[C@H]3C(CS[C@@H]4OC(CO)[C@H](O[C@@H]5OC(CO)[C@H](O[C@@H]6OC(CO)[C@H](O)[C@H](O)C6O)[C@H](O)C5O)[C@H](O)C4O)O[C@@H](O[C@H]4C(CO)OC(O)C(O)[C@H]4O)C(O)[C@H]3O)C(O)[C@H]2O)C(O)[C@@H](O)[C@H]1O. The van der Waals surface area contributed by atoms with Gasteiger partial charge in [0.25, 0.3) is 0 Å². The first-order chi connectivity index (χ1) is 37.0. The Balaban J connectivity index is 1.06. The first kappa shape index (κ1) is 64.5. The van der Waals surface area contributed by atoms with Crippen LogP contribution in [0.2, 0.25) is 0 Å². The van der Waals surface area contributed by atoms with Gasteiger partial charge < -0.3 is 174 Å². The maximum atomic E-state index is 11.7. The van der Waals surface area contributed by atoms with Crippen LogP contribution < -0.4 is 0 Å². The zero-order chi connectivity index (χ0) is 57.3. The average Bonchev–Trinajstić information content (AvgIpc) is 3.44. The van der Waals surface area contributed by atoms with Crippen molar-refractivity contribution in [3.8, 4) is 0 Å². The van der Waals surface area contributed by atoms with Crippen LogP contribution >= 0.6 is 11.8 Å². The van der Waals surface area contributed by atoms with Gasteiger partial charge in [-0.15, -0.1) is 11.8 Å². The minimum Gasteiger partial charge on any atom is -0.394 e. The lowest BCUT2D eigenvalue weighted by Gasteiger charge is -2.49. The van der Waals surface area contributed by atoms with Gasteiger partial charge in [0.2, 0.25) is 0 Å². The fraction of sp³-hybridized carbons (Fsp3) is 1.00. The summed E-state index contributed by atoms with van der Waals surface area (Å²) in [5.74, 6) is -0.594. The van der Waals surface area contributed by atoms with Crippen molar-refractivity contribution in [2.45, 2.75) is 214 Å². The average molecular weight is 1170 g/mol. The number of aliphatic hydroxyl groups excluding tert-OH is 23. The highest BCUT2D eigenvalue weighted by Crippen LogP contribution is 2.39. The van der Waals surface area contributed by atoms with Gasteiger partial charge >= 0.3 is 0 Å². The smallest absolute Gasteiger partial charge is 0.187 e. The third-order valence-corrected chi connectivity index (χ3v) is 15.8. The van der Waals surface area contributed by atoms with Crippen LogP contribution in [0.25, 0.3) is 0 Å². The van der Waals surface area contributed by atoms with E-state index >= 15 is 0 Å². The molecule has 36 heteroatoms. The van der Waals surface area contributed by atoms with Crippen molar-refractivity contribution in [3.63, 3.8) is 0 Å². The summed E-state index contributed by atoms with van der Waals surface area (Å²) in [5, 5.41) is 244. The molecule has 7 fully saturated rings. The Morgan fingerprint density at radius 2 is 0.500 bits per heavy atom. The van der Waals surface area contributed by atoms with Gasteiger partial charge in [0.05, 0.1) is 45.7 Å². The number of rotatable bonds is 19. The highest BCUT2D eigenvalue weighted by atomic mass is 32.2. The van der Waals surface area contributed by atoms with E-state index in [4.69, 9.17) is 56.8 Å². The predicted octanol–water partition coefficient (Wildman–Crippen LogP) is -15.6. The monoisotopic (exact) mass is 1170 g/mol. The van der Waals surface area contributed by atoms with E-state index in [2.05, 4.69) is 0 Å². The first-order valence-electron chi connectivity index (χ1n) is 24.7. The summed E-state index contributed by atoms with van der Waals surface area (Å²) in [6.07, 6.45) is -64.9. The summed E-state index contributed by atoms with van der Waals surface area (Å²) in [4.78, 5) is 0. The van der Waals surface area contributed by atoms with Crippen molar-refractivity contribution in [2.75, 3.05) is 45.4 Å². The summed E-state index contributed by atoms with van der Waals surface area (Å²) in [7, 11) is 0. The molecule has 0 radical (unpaired) electrons. The highest BCUT2D eigenvalue weighted by molar-refractivity contribution is 7.99. The van der Waals surface area contributed by atoms with Gasteiger partial charge in [-0.25, -0.2) is 0 Å². The van der Waals surface area contributed by atoms with Crippen LogP contribution in [-0.4, -0.2) is 377 Å². The minimum atomic E-state index is -2.22. The molecule has 23 N–H and O–H groups in total. The maximum Gasteiger partial charge on any atom is 0.187 e. The van der Waals surface area contributed by atoms with E-state index in [-0.39, 0.29) is 0 Å². The number of ether oxygens (including phenoxy) is 12. The van der Waals surface area contributed by atoms with Gasteiger partial charge in [0.15, 0.2) is 37.7 Å². The molecule has 7 aliphatic rings. The zero-order valence-corrected chi connectivity index (χ0v) is 41.6. The zero-order valence-electron chi connectivity index (χ0n) is 40.8. The fourth-order valence-electron chi connectivity index (χ4n) is 9.90. The largest absolute Gasteiger partial charge is 0.394 e. The Bertz CT molecular complexity index is 1810. The second-order valence-corrected chi connectivity index (χ2v) is 20.7. The molecular weight excluding hydrogens is 1100 g/mol. The Kier molecular flexibility index (Phi) is 23.0. The van der Waals surface area contributed by atoms with Gasteiger partial charge in [-0.05, 0) is 0 Å². The van der Waals surface area contributed by atoms with Crippen LogP contribution in [0.15, 0.2) is 0 Å². The summed E-state index contributed by atoms with van der Waals surface area (Å²) >= 11 is 0.562. The summed E-state index contributed by atoms with van der Waals surface area (Å²) in [6, 6.07) is 0. The molecule has 456 valence electrons. The second-order valence-electron chi connectivity index (χ2n) is 19.6. The van der Waals surface area contributed by atoms with Crippen molar-refractivity contribution in [2.24, 2.45) is 0 Å². The lowest BCUT2D eigenvalue weighted by Crippen LogP contribution is -2.67. The van der Waals surface area contributed by atoms with Gasteiger partial charge in [-0.3, -0.25) is 0 Å². The van der Waals surface area contributed by atoms with Crippen LogP contribution in [0.4, 0.5) is 0 Å². The van der Waals surface area contributed by atoms with Crippen molar-refractivity contribution in [1.82, 2.24) is 0 Å². The molecule has 0 aromatic carbocycles. The summed E-state index contributed by atoms with van der Waals surface area (Å²) in [6.45, 7) is -5.68. The van der Waals surface area contributed by atoms with Crippen LogP contribution in [0.1, 0.15) is 0 Å². The third-order valence-electron chi connectivity index (χ3n) is 14.5. The second kappa shape index (κ2) is 27.8. The number of hydrogen-bond acceptors (Lipinski definition) is 36. The van der Waals surface area contributed by atoms with E-state index in [1.807, 2.05) is 0 Å². The molecule has 0 amide bonds. The lowest BCUT2D eigenvalue weighted by molar-refractivity contribution is -0.384. The van der Waals surface area contributed by atoms with E-state index < -0.39 is 259 Å². The molecule has 15 unspecified atom stereocenters. The molecule has 0 aliphatic carbocycles. The Morgan fingerprint density at radius 3 is 0.846 bits per heavy atom. The van der Waals surface area contributed by atoms with Crippen molar-refractivity contribution in [3.05, 3.63) is 0 Å². The molecule has 7 rings (SSSR count). The normalized spacial score (nSPS) is 53.5. The van der Waals surface area contributed by atoms with E-state index in [9.17, 15) is 117 Å². The number of aliphatic hydroxyl groups is 23. The Labute approximate surface area is 444 Å². The highest BCUT2D eigenvalue weighted by Gasteiger charge is 2.58. The van der Waals surface area contributed by atoms with Crippen molar-refractivity contribution in [1.29, 1.82) is 0 Å². The van der Waals surface area contributed by atoms with Crippen molar-refractivity contribution >= 4 is 11.8 Å². The molecule has 0 aromatic heterocycles. The molecule has 35 nitrogen and oxygen atoms in total. The molecule has 7 aliphatic heterocycles. The quantitative estimate of drug-likeness (QED) is 0.0571. The third kappa shape index (κ3) is 13.2. The number of thioether (sulfide) groups is 1. The molecule has 0 saturated carbocycles. The fourth-order valence-corrected chi connectivity index (χ4v) is 11.1. The van der Waals surface area contributed by atoms with E-state index in [0.29, 0.717) is 11.8 Å². The van der Waals surface area contributed by atoms with Gasteiger partial charge in [-0.2, -0.15) is 0 Å². The molecule has 0 spiro atoms. The molecule has 0 aromatic rings. The summed E-state index contributed by atoms with van der Waals surface area (Å²) < 4.78 is 67.4. The van der Waals surface area contributed by atoms with Gasteiger partial charge in [0, 0.05) is 5.75 Å². The van der Waals surface area contributed by atoms with E-state index in [1.165, 1.54) is 0 Å². The molecule has 0 bridgehead atoms. The Morgan fingerprint density at radius 1 is 0.244 bits per heavy atom. The van der Waals surface area contributed by atoms with Gasteiger partial charge in [0.1, 0.15) is 170 Å². The van der Waals surface area contributed by atoms with Crippen molar-refractivity contribution < 1.29 is 174 Å². The molecule has 35 atom stereocenters. The first-order valence-corrected chi connectivity index (χ1v) is 25.7. The standard InChI is InChI=1S/C42H72O35S/c43-1-8-15(49)17(51)25(59)37(67-8)74-32-11(4-46)69-39(27(61)20(32)54)76-34-13(6-48)72-42(30(64)23(34)57)78-7-14-35(22(56)29(63)41(71-14)73-31-10(3-45)66-36(65)24(58)19(31)53)77-40-28(62)21(55)33(12(5-47)70-40)75-38-26(60)18(52)16(50)9(2-44)68-38/h8-65H,1-7H2/t8?,9?,10?,11?,12?,13?,14?,15-,16-,17-,18-,19+,20+,21+,22+,23+,24?,25?,26?,27?,28?,29?,30?,31-,32-,33-,34-,35-,36?,37-,38-,39-,40-,41-,42-/m0/s1. The molecule has 7 heterocycles. The predicted molar refractivity (Wildman–Crippen MR) is 238 cm³/mol. The molecule has 78 heavy (non-hydrogen) atoms. The maximum absolute atomic E-state index is 11.7. The minimum absolute atomic E-state index is 0.562. The Hall–Kier alpha value is -1.05. The topological polar surface area (TPSA) is 576 Å². The van der Waals surface area contributed by atoms with E-state index in [1.54, 1.807) is 0 Å². The summed E-state index contributed by atoms with van der Waals surface area (Å²) in [5.41, 5.74) is -1.63. The van der Waals surface area contributed by atoms with Gasteiger partial charge in [-0.1, -0.05) is 0 Å². The number of hydrogen-bond donors (Lipinski definition) is 23. The van der Waals surface area contributed by atoms with Crippen LogP contribution in [-0.2, 0) is 56.8 Å². The van der Waals surface area contributed by atoms with E-state index in [0.717, 1.165) is 0 Å². The van der Waals surface area contributed by atoms with Crippen LogP contribution in [0.5, 0.6) is 0 Å². The molecule has 7 saturated heterocycles. The molecular formula is C42H72O35S. The van der Waals surface area contributed by atoms with Crippen LogP contribution in [0.3, 0.4) is 0 Å².